The summed E-state index contributed by atoms with van der Waals surface area (Å²) in [6.07, 6.45) is 11.6. The van der Waals surface area contributed by atoms with Gasteiger partial charge < -0.3 is 14.4 Å². The molecular weight excluding hydrogens is 696 g/mol. The molecule has 5 aliphatic rings. The predicted molar refractivity (Wildman–Crippen MR) is 208 cm³/mol. The lowest BCUT2D eigenvalue weighted by Gasteiger charge is -2.54. The second-order valence-electron chi connectivity index (χ2n) is 16.5. The predicted octanol–water partition coefficient (Wildman–Crippen LogP) is 6.91. The highest BCUT2D eigenvalue weighted by Gasteiger charge is 2.50. The number of piperidine rings is 1. The van der Waals surface area contributed by atoms with Crippen LogP contribution in [0.2, 0.25) is 5.02 Å². The molecule has 52 heavy (non-hydrogen) atoms. The molecule has 11 heteroatoms. The molecule has 2 aromatic rings. The Morgan fingerprint density at radius 2 is 1.77 bits per heavy atom. The summed E-state index contributed by atoms with van der Waals surface area (Å²) in [5.74, 6) is 0.786. The van der Waals surface area contributed by atoms with Crippen molar-refractivity contribution in [2.75, 3.05) is 57.8 Å². The number of rotatable bonds is 3. The van der Waals surface area contributed by atoms with Crippen molar-refractivity contribution < 1.29 is 22.7 Å². The highest BCUT2D eigenvalue weighted by atomic mass is 35.5. The molecule has 9 nitrogen and oxygen atoms in total. The number of ether oxygens (including phenoxy) is 2. The van der Waals surface area contributed by atoms with Gasteiger partial charge in [0.05, 0.1) is 16.5 Å². The maximum atomic E-state index is 13.6. The Morgan fingerprint density at radius 3 is 2.58 bits per heavy atom. The third-order valence-corrected chi connectivity index (χ3v) is 15.5. The molecule has 0 radical (unpaired) electrons. The van der Waals surface area contributed by atoms with E-state index in [9.17, 15) is 13.2 Å². The SMILES string of the molecule is CO[C@@]1(CN2CCN3CCCCC3C2)CCC[C@H](C)[C@@H](C)S(=O)(=O)NC(=O)c2ccc3c(c2)N(CCCCc2cc(Cl)ccc2CO3)C[C@@H]2CC[C@H]21. The fourth-order valence-corrected chi connectivity index (χ4v) is 11.3. The van der Waals surface area contributed by atoms with Gasteiger partial charge in [-0.1, -0.05) is 37.4 Å². The van der Waals surface area contributed by atoms with Crippen molar-refractivity contribution in [2.45, 2.75) is 108 Å². The molecule has 1 N–H and O–H groups in total. The lowest BCUT2D eigenvalue weighted by atomic mass is 9.62. The number of benzene rings is 2. The van der Waals surface area contributed by atoms with Crippen molar-refractivity contribution in [1.29, 1.82) is 0 Å². The number of aryl methyl sites for hydroxylation is 1. The second kappa shape index (κ2) is 16.2. The van der Waals surface area contributed by atoms with Crippen LogP contribution in [0.1, 0.15) is 99.5 Å². The quantitative estimate of drug-likeness (QED) is 0.362. The maximum absolute atomic E-state index is 13.6. The molecule has 286 valence electrons. The van der Waals surface area contributed by atoms with Gasteiger partial charge in [0.25, 0.3) is 5.91 Å². The van der Waals surface area contributed by atoms with Crippen molar-refractivity contribution in [1.82, 2.24) is 14.5 Å². The summed E-state index contributed by atoms with van der Waals surface area (Å²) in [5, 5.41) is 0.0121. The number of fused-ring (bicyclic) bond motifs is 4. The van der Waals surface area contributed by atoms with Crippen LogP contribution in [0.3, 0.4) is 0 Å². The number of methoxy groups -OCH3 is 1. The Hall–Kier alpha value is -2.37. The van der Waals surface area contributed by atoms with Gasteiger partial charge >= 0.3 is 0 Å². The van der Waals surface area contributed by atoms with E-state index < -0.39 is 21.2 Å². The van der Waals surface area contributed by atoms with Crippen LogP contribution in [0.15, 0.2) is 36.4 Å². The normalized spacial score (nSPS) is 32.1. The van der Waals surface area contributed by atoms with Gasteiger partial charge in [0.15, 0.2) is 0 Å². The number of nitrogens with one attached hydrogen (secondary N) is 1. The Labute approximate surface area is 316 Å². The topological polar surface area (TPSA) is 91.4 Å². The van der Waals surface area contributed by atoms with Gasteiger partial charge in [-0.2, -0.15) is 0 Å². The summed E-state index contributed by atoms with van der Waals surface area (Å²) < 4.78 is 43.0. The van der Waals surface area contributed by atoms with E-state index in [1.165, 1.54) is 31.4 Å². The van der Waals surface area contributed by atoms with E-state index in [0.717, 1.165) is 107 Å². The molecule has 1 aliphatic carbocycles. The summed E-state index contributed by atoms with van der Waals surface area (Å²) in [4.78, 5) is 21.4. The number of carbonyl (C=O) groups is 1. The number of halogens is 1. The van der Waals surface area contributed by atoms with E-state index in [1.807, 2.05) is 38.3 Å². The molecule has 4 heterocycles. The summed E-state index contributed by atoms with van der Waals surface area (Å²) in [6.45, 7) is 11.2. The number of carbonyl (C=O) groups excluding carboxylic acids is 1. The lowest BCUT2D eigenvalue weighted by molar-refractivity contribution is -0.136. The smallest absolute Gasteiger partial charge is 0.264 e. The molecule has 1 unspecified atom stereocenters. The van der Waals surface area contributed by atoms with Crippen molar-refractivity contribution in [3.05, 3.63) is 58.1 Å². The Bertz CT molecular complexity index is 1690. The van der Waals surface area contributed by atoms with Crippen LogP contribution in [0.4, 0.5) is 5.69 Å². The van der Waals surface area contributed by atoms with Crippen molar-refractivity contribution >= 4 is 33.2 Å². The third-order valence-electron chi connectivity index (χ3n) is 13.4. The zero-order valence-corrected chi connectivity index (χ0v) is 33.0. The fourth-order valence-electron chi connectivity index (χ4n) is 9.83. The molecular formula is C41H59ClN4O5S. The number of nitrogens with zero attached hydrogens (tertiary/aromatic N) is 3. The van der Waals surface area contributed by atoms with Crippen LogP contribution < -0.4 is 14.4 Å². The van der Waals surface area contributed by atoms with E-state index in [0.29, 0.717) is 35.8 Å². The number of anilines is 1. The summed E-state index contributed by atoms with van der Waals surface area (Å²) in [7, 11) is -1.99. The minimum Gasteiger partial charge on any atom is -0.487 e. The van der Waals surface area contributed by atoms with Gasteiger partial charge in [0, 0.05) is 63.0 Å². The number of piperazine rings is 1. The van der Waals surface area contributed by atoms with Gasteiger partial charge in [0.2, 0.25) is 10.0 Å². The van der Waals surface area contributed by atoms with E-state index in [4.69, 9.17) is 21.1 Å². The zero-order valence-electron chi connectivity index (χ0n) is 31.5. The fraction of sp³-hybridized carbons (Fsp3) is 0.683. The first kappa shape index (κ1) is 37.9. The van der Waals surface area contributed by atoms with E-state index in [2.05, 4.69) is 25.5 Å². The van der Waals surface area contributed by atoms with Gasteiger partial charge in [-0.3, -0.25) is 14.6 Å². The van der Waals surface area contributed by atoms with Crippen molar-refractivity contribution in [3.63, 3.8) is 0 Å². The molecule has 7 rings (SSSR count). The first-order valence-corrected chi connectivity index (χ1v) is 21.8. The average Bonchev–Trinajstić information content (AvgIpc) is 3.15. The molecule has 3 fully saturated rings. The van der Waals surface area contributed by atoms with Crippen molar-refractivity contribution in [2.24, 2.45) is 17.8 Å². The van der Waals surface area contributed by atoms with Crippen LogP contribution in [0.25, 0.3) is 0 Å². The maximum Gasteiger partial charge on any atom is 0.264 e. The summed E-state index contributed by atoms with van der Waals surface area (Å²) in [5.41, 5.74) is 3.16. The average molecular weight is 755 g/mol. The molecule has 0 spiro atoms. The van der Waals surface area contributed by atoms with Crippen LogP contribution in [0.5, 0.6) is 5.75 Å². The van der Waals surface area contributed by atoms with E-state index in [1.54, 1.807) is 13.0 Å². The Balaban J connectivity index is 1.23. The highest BCUT2D eigenvalue weighted by molar-refractivity contribution is 7.90. The molecule has 1 saturated carbocycles. The number of amides is 1. The molecule has 0 aromatic heterocycles. The standard InChI is InChI=1S/C41H59ClN4O5S/c1-29-9-8-18-41(50-3,28-44-21-22-45-19-7-5-11-36(45)26-44)37-16-13-33(37)25-46-20-6-4-10-31-23-35(42)15-12-34(31)27-51-39-17-14-32(24-38(39)46)40(47)43-52(48,49)30(29)2/h12,14-15,17,23-24,29-30,33,36-37H,4-11,13,16,18-22,25-28H2,1-3H3,(H,43,47)/t29-,30+,33-,36?,37+,41+/m0/s1. The van der Waals surface area contributed by atoms with Gasteiger partial charge in [-0.15, -0.1) is 0 Å². The molecule has 4 aliphatic heterocycles. The molecule has 2 bridgehead atoms. The Morgan fingerprint density at radius 1 is 0.923 bits per heavy atom. The first-order valence-electron chi connectivity index (χ1n) is 19.9. The minimum atomic E-state index is -3.91. The molecule has 2 aromatic carbocycles. The number of hydrogen-bond donors (Lipinski definition) is 1. The summed E-state index contributed by atoms with van der Waals surface area (Å²) >= 11 is 6.42. The van der Waals surface area contributed by atoms with Crippen LogP contribution in [0, 0.1) is 17.8 Å². The molecule has 2 saturated heterocycles. The molecule has 1 amide bonds. The van der Waals surface area contributed by atoms with Crippen LogP contribution in [-0.2, 0) is 27.8 Å². The van der Waals surface area contributed by atoms with Gasteiger partial charge in [-0.25, -0.2) is 13.1 Å². The van der Waals surface area contributed by atoms with E-state index in [-0.39, 0.29) is 11.5 Å². The van der Waals surface area contributed by atoms with Gasteiger partial charge in [0.1, 0.15) is 12.4 Å². The number of hydrogen-bond acceptors (Lipinski definition) is 8. The van der Waals surface area contributed by atoms with Gasteiger partial charge in [-0.05, 0) is 130 Å². The largest absolute Gasteiger partial charge is 0.487 e. The monoisotopic (exact) mass is 754 g/mol. The van der Waals surface area contributed by atoms with E-state index >= 15 is 0 Å². The first-order chi connectivity index (χ1) is 25.0. The second-order valence-corrected chi connectivity index (χ2v) is 18.9. The summed E-state index contributed by atoms with van der Waals surface area (Å²) in [6, 6.07) is 12.0. The minimum absolute atomic E-state index is 0.121. The highest BCUT2D eigenvalue weighted by Crippen LogP contribution is 2.48. The Kier molecular flexibility index (Phi) is 11.8. The zero-order chi connectivity index (χ0) is 36.5. The lowest BCUT2D eigenvalue weighted by Crippen LogP contribution is -2.61. The number of sulfonamides is 1. The van der Waals surface area contributed by atoms with Crippen molar-refractivity contribution in [3.8, 4) is 5.75 Å². The van der Waals surface area contributed by atoms with Crippen LogP contribution in [-0.4, -0.2) is 93.9 Å². The third kappa shape index (κ3) is 8.16. The van der Waals surface area contributed by atoms with Crippen LogP contribution >= 0.6 is 11.6 Å². The molecule has 6 atom stereocenters.